The zero-order valence-corrected chi connectivity index (χ0v) is 16.1. The van der Waals surface area contributed by atoms with Crippen LogP contribution >= 0.6 is 0 Å². The molecule has 146 valence electrons. The molecule has 3 heterocycles. The van der Waals surface area contributed by atoms with Gasteiger partial charge in [-0.15, -0.1) is 0 Å². The van der Waals surface area contributed by atoms with E-state index in [4.69, 9.17) is 9.15 Å². The summed E-state index contributed by atoms with van der Waals surface area (Å²) in [5, 5.41) is 4.34. The lowest BCUT2D eigenvalue weighted by Gasteiger charge is -2.11. The summed E-state index contributed by atoms with van der Waals surface area (Å²) in [5.41, 5.74) is 2.06. The highest BCUT2D eigenvalue weighted by molar-refractivity contribution is 5.90. The molecular formula is C22H20N4O3. The Kier molecular flexibility index (Phi) is 5.20. The molecule has 4 rings (SSSR count). The fourth-order valence-corrected chi connectivity index (χ4v) is 3.05. The van der Waals surface area contributed by atoms with E-state index < -0.39 is 5.97 Å². The molecule has 0 aliphatic rings. The average molecular weight is 388 g/mol. The van der Waals surface area contributed by atoms with Crippen molar-refractivity contribution < 1.29 is 13.9 Å². The van der Waals surface area contributed by atoms with Crippen LogP contribution in [-0.2, 0) is 11.3 Å². The van der Waals surface area contributed by atoms with Crippen LogP contribution in [0.3, 0.4) is 0 Å². The second kappa shape index (κ2) is 8.10. The van der Waals surface area contributed by atoms with Crippen LogP contribution in [0.5, 0.6) is 0 Å². The smallest absolute Gasteiger partial charge is 0.342 e. The number of hydrogen-bond acceptors (Lipinski definition) is 6. The van der Waals surface area contributed by atoms with Gasteiger partial charge in [0.2, 0.25) is 5.89 Å². The maximum Gasteiger partial charge on any atom is 0.342 e. The minimum Gasteiger partial charge on any atom is -0.452 e. The molecule has 0 bridgehead atoms. The van der Waals surface area contributed by atoms with Crippen LogP contribution in [0, 0.1) is 0 Å². The lowest BCUT2D eigenvalue weighted by molar-refractivity contribution is 0.0437. The molecule has 0 aliphatic heterocycles. The Bertz CT molecular complexity index is 1100. The van der Waals surface area contributed by atoms with Crippen LogP contribution in [0.4, 0.5) is 0 Å². The lowest BCUT2D eigenvalue weighted by atomic mass is 10.1. The maximum absolute atomic E-state index is 12.7. The van der Waals surface area contributed by atoms with Crippen molar-refractivity contribution in [1.29, 1.82) is 0 Å². The van der Waals surface area contributed by atoms with Crippen molar-refractivity contribution in [2.24, 2.45) is 0 Å². The third-order valence-corrected chi connectivity index (χ3v) is 4.38. The first kappa shape index (κ1) is 18.6. The number of pyridine rings is 1. The third kappa shape index (κ3) is 3.94. The van der Waals surface area contributed by atoms with E-state index in [1.807, 2.05) is 62.4 Å². The Labute approximate surface area is 168 Å². The zero-order chi connectivity index (χ0) is 20.2. The molecule has 0 fully saturated rings. The fraction of sp³-hybridized carbons (Fsp3) is 0.182. The second-order valence-corrected chi connectivity index (χ2v) is 6.76. The van der Waals surface area contributed by atoms with E-state index in [0.717, 1.165) is 11.3 Å². The number of nitrogens with zero attached hydrogens (tertiary/aromatic N) is 4. The molecule has 0 unspecified atom stereocenters. The van der Waals surface area contributed by atoms with Crippen LogP contribution in [0.15, 0.2) is 71.5 Å². The zero-order valence-electron chi connectivity index (χ0n) is 16.1. The van der Waals surface area contributed by atoms with Crippen molar-refractivity contribution >= 4 is 5.97 Å². The van der Waals surface area contributed by atoms with Gasteiger partial charge >= 0.3 is 5.97 Å². The summed E-state index contributed by atoms with van der Waals surface area (Å²) >= 11 is 0. The van der Waals surface area contributed by atoms with E-state index in [1.54, 1.807) is 17.1 Å². The summed E-state index contributed by atoms with van der Waals surface area (Å²) in [5.74, 6) is 1.18. The molecule has 0 spiro atoms. The molecule has 3 aromatic heterocycles. The van der Waals surface area contributed by atoms with Crippen LogP contribution in [-0.4, -0.2) is 25.7 Å². The summed E-state index contributed by atoms with van der Waals surface area (Å²) in [6, 6.07) is 15.2. The van der Waals surface area contributed by atoms with Crippen molar-refractivity contribution in [2.75, 3.05) is 0 Å². The van der Waals surface area contributed by atoms with E-state index >= 15 is 0 Å². The van der Waals surface area contributed by atoms with Gasteiger partial charge in [-0.1, -0.05) is 50.2 Å². The normalized spacial score (nSPS) is 11.0. The van der Waals surface area contributed by atoms with Gasteiger partial charge in [0, 0.05) is 11.8 Å². The molecule has 1 aromatic carbocycles. The van der Waals surface area contributed by atoms with Crippen LogP contribution in [0.2, 0.25) is 0 Å². The van der Waals surface area contributed by atoms with E-state index in [9.17, 15) is 4.79 Å². The highest BCUT2D eigenvalue weighted by atomic mass is 16.5. The van der Waals surface area contributed by atoms with Gasteiger partial charge < -0.3 is 9.15 Å². The van der Waals surface area contributed by atoms with Crippen molar-refractivity contribution in [1.82, 2.24) is 19.7 Å². The van der Waals surface area contributed by atoms with E-state index in [-0.39, 0.29) is 12.5 Å². The molecule has 0 N–H and O–H groups in total. The molecule has 0 saturated carbocycles. The monoisotopic (exact) mass is 388 g/mol. The summed E-state index contributed by atoms with van der Waals surface area (Å²) in [4.78, 5) is 21.2. The summed E-state index contributed by atoms with van der Waals surface area (Å²) in [6.07, 6.45) is 4.82. The van der Waals surface area contributed by atoms with E-state index in [0.29, 0.717) is 23.0 Å². The number of rotatable bonds is 6. The average Bonchev–Trinajstić information content (AvgIpc) is 3.41. The number of aromatic nitrogens is 4. The van der Waals surface area contributed by atoms with Gasteiger partial charge in [0.05, 0.1) is 18.1 Å². The highest BCUT2D eigenvalue weighted by Gasteiger charge is 2.23. The predicted molar refractivity (Wildman–Crippen MR) is 107 cm³/mol. The number of hydrogen-bond donors (Lipinski definition) is 0. The Hall–Kier alpha value is -3.74. The fourth-order valence-electron chi connectivity index (χ4n) is 3.05. The first-order valence-corrected chi connectivity index (χ1v) is 9.30. The highest BCUT2D eigenvalue weighted by Crippen LogP contribution is 2.24. The number of carbonyl (C=O) groups excluding carboxylic acids is 1. The first-order chi connectivity index (χ1) is 14.1. The van der Waals surface area contributed by atoms with Crippen LogP contribution < -0.4 is 0 Å². The minimum absolute atomic E-state index is 0.0495. The molecule has 0 radical (unpaired) electrons. The van der Waals surface area contributed by atoms with Gasteiger partial charge in [-0.2, -0.15) is 5.10 Å². The lowest BCUT2D eigenvalue weighted by Crippen LogP contribution is -2.11. The van der Waals surface area contributed by atoms with Gasteiger partial charge in [-0.3, -0.25) is 0 Å². The number of oxazole rings is 1. The second-order valence-electron chi connectivity index (χ2n) is 6.76. The number of ether oxygens (including phenoxy) is 1. The van der Waals surface area contributed by atoms with Gasteiger partial charge in [0.1, 0.15) is 5.56 Å². The Morgan fingerprint density at radius 3 is 2.59 bits per heavy atom. The summed E-state index contributed by atoms with van der Waals surface area (Å²) < 4.78 is 12.8. The Morgan fingerprint density at radius 2 is 1.86 bits per heavy atom. The van der Waals surface area contributed by atoms with Gasteiger partial charge in [-0.25, -0.2) is 19.4 Å². The van der Waals surface area contributed by atoms with Crippen molar-refractivity contribution in [3.8, 4) is 17.1 Å². The SMILES string of the molecule is CC(C)c1c(C(=O)OCc2ncc(-c3ccccc3)o2)cnn1-c1ccccn1. The number of esters is 1. The topological polar surface area (TPSA) is 83.0 Å². The maximum atomic E-state index is 12.7. The van der Waals surface area contributed by atoms with Crippen molar-refractivity contribution in [3.05, 3.63) is 84.3 Å². The largest absolute Gasteiger partial charge is 0.452 e. The quantitative estimate of drug-likeness (QED) is 0.455. The Balaban J connectivity index is 1.51. The summed E-state index contributed by atoms with van der Waals surface area (Å²) in [7, 11) is 0. The van der Waals surface area contributed by atoms with Gasteiger partial charge in [0.15, 0.2) is 18.2 Å². The third-order valence-electron chi connectivity index (χ3n) is 4.38. The molecule has 4 aromatic rings. The molecular weight excluding hydrogens is 368 g/mol. The predicted octanol–water partition coefficient (Wildman–Crippen LogP) is 4.40. The first-order valence-electron chi connectivity index (χ1n) is 9.30. The Morgan fingerprint density at radius 1 is 1.07 bits per heavy atom. The molecule has 0 saturated heterocycles. The molecule has 0 aliphatic carbocycles. The van der Waals surface area contributed by atoms with Gasteiger partial charge in [-0.05, 0) is 18.1 Å². The van der Waals surface area contributed by atoms with Crippen molar-refractivity contribution in [3.63, 3.8) is 0 Å². The van der Waals surface area contributed by atoms with Crippen LogP contribution in [0.1, 0.15) is 41.7 Å². The molecule has 7 nitrogen and oxygen atoms in total. The number of carbonyl (C=O) groups is 1. The summed E-state index contributed by atoms with van der Waals surface area (Å²) in [6.45, 7) is 3.93. The van der Waals surface area contributed by atoms with E-state index in [1.165, 1.54) is 6.20 Å². The molecule has 7 heteroatoms. The van der Waals surface area contributed by atoms with Crippen LogP contribution in [0.25, 0.3) is 17.1 Å². The molecule has 29 heavy (non-hydrogen) atoms. The van der Waals surface area contributed by atoms with Crippen molar-refractivity contribution in [2.45, 2.75) is 26.4 Å². The minimum atomic E-state index is -0.477. The number of benzene rings is 1. The molecule has 0 atom stereocenters. The van der Waals surface area contributed by atoms with E-state index in [2.05, 4.69) is 15.1 Å². The standard InChI is InChI=1S/C22H20N4O3/c1-15(2)21-17(12-25-26(21)19-10-6-7-11-23-19)22(27)28-14-20-24-13-18(29-20)16-8-4-3-5-9-16/h3-13,15H,14H2,1-2H3. The van der Waals surface area contributed by atoms with Gasteiger partial charge in [0.25, 0.3) is 0 Å². The molecule has 0 amide bonds.